The van der Waals surface area contributed by atoms with Crippen LogP contribution in [0.5, 0.6) is 11.5 Å². The van der Waals surface area contributed by atoms with E-state index in [1.807, 2.05) is 54.6 Å². The van der Waals surface area contributed by atoms with Crippen molar-refractivity contribution in [3.8, 4) is 22.6 Å². The molecule has 2 aliphatic rings. The van der Waals surface area contributed by atoms with Gasteiger partial charge in [0.05, 0.1) is 5.41 Å². The highest BCUT2D eigenvalue weighted by Gasteiger charge is 2.51. The molecular formula is C24H20N2O4. The van der Waals surface area contributed by atoms with Crippen LogP contribution in [0.4, 0.5) is 5.69 Å². The van der Waals surface area contributed by atoms with Crippen molar-refractivity contribution in [2.24, 2.45) is 5.73 Å². The zero-order chi connectivity index (χ0) is 20.7. The second-order valence-corrected chi connectivity index (χ2v) is 7.62. The van der Waals surface area contributed by atoms with Crippen LogP contribution in [-0.4, -0.2) is 18.6 Å². The van der Waals surface area contributed by atoms with Crippen LogP contribution < -0.4 is 20.5 Å². The van der Waals surface area contributed by atoms with E-state index in [2.05, 4.69) is 5.32 Å². The minimum absolute atomic E-state index is 0.0140. The maximum Gasteiger partial charge on any atom is 0.248 e. The van der Waals surface area contributed by atoms with E-state index in [9.17, 15) is 9.59 Å². The number of rotatable bonds is 5. The van der Waals surface area contributed by atoms with E-state index in [0.717, 1.165) is 41.0 Å². The Hall–Kier alpha value is -3.80. The molecule has 30 heavy (non-hydrogen) atoms. The number of nitrogens with one attached hydrogen (secondary N) is 1. The number of benzene rings is 3. The Bertz CT molecular complexity index is 1130. The minimum atomic E-state index is -0.510. The van der Waals surface area contributed by atoms with Crippen molar-refractivity contribution < 1.29 is 19.1 Å². The topological polar surface area (TPSA) is 90.7 Å². The summed E-state index contributed by atoms with van der Waals surface area (Å²) in [5.74, 6) is 0.948. The number of nitrogens with two attached hydrogens (primary N) is 1. The third-order valence-corrected chi connectivity index (χ3v) is 5.76. The largest absolute Gasteiger partial charge is 0.454 e. The highest BCUT2D eigenvalue weighted by Crippen LogP contribution is 2.51. The van der Waals surface area contributed by atoms with Crippen molar-refractivity contribution in [3.05, 3.63) is 77.9 Å². The molecule has 0 bridgehead atoms. The predicted octanol–water partition coefficient (Wildman–Crippen LogP) is 3.85. The Labute approximate surface area is 173 Å². The van der Waals surface area contributed by atoms with E-state index in [1.165, 1.54) is 0 Å². The van der Waals surface area contributed by atoms with Gasteiger partial charge in [-0.3, -0.25) is 9.59 Å². The summed E-state index contributed by atoms with van der Waals surface area (Å²) in [6.07, 6.45) is 1.62. The fraction of sp³-hybridized carbons (Fsp3) is 0.167. The third-order valence-electron chi connectivity index (χ3n) is 5.76. The zero-order valence-corrected chi connectivity index (χ0v) is 16.2. The lowest BCUT2D eigenvalue weighted by molar-refractivity contribution is -0.118. The van der Waals surface area contributed by atoms with Crippen LogP contribution in [0.2, 0.25) is 0 Å². The number of carbonyl (C=O) groups excluding carboxylic acids is 2. The highest BCUT2D eigenvalue weighted by atomic mass is 16.7. The molecule has 2 amide bonds. The van der Waals surface area contributed by atoms with Gasteiger partial charge in [0, 0.05) is 11.3 Å². The van der Waals surface area contributed by atoms with Gasteiger partial charge in [-0.1, -0.05) is 30.3 Å². The second kappa shape index (κ2) is 6.91. The molecule has 3 N–H and O–H groups in total. The lowest BCUT2D eigenvalue weighted by Gasteiger charge is -2.16. The normalized spacial score (nSPS) is 15.5. The maximum absolute atomic E-state index is 13.0. The monoisotopic (exact) mass is 400 g/mol. The number of anilines is 1. The fourth-order valence-electron chi connectivity index (χ4n) is 3.79. The van der Waals surface area contributed by atoms with Gasteiger partial charge >= 0.3 is 0 Å². The smallest absolute Gasteiger partial charge is 0.248 e. The molecule has 0 radical (unpaired) electrons. The molecule has 3 aromatic rings. The van der Waals surface area contributed by atoms with Gasteiger partial charge in [0.25, 0.3) is 0 Å². The minimum Gasteiger partial charge on any atom is -0.454 e. The molecule has 0 unspecified atom stereocenters. The fourth-order valence-corrected chi connectivity index (χ4v) is 3.79. The lowest BCUT2D eigenvalue weighted by atomic mass is 9.94. The lowest BCUT2D eigenvalue weighted by Crippen LogP contribution is -2.27. The summed E-state index contributed by atoms with van der Waals surface area (Å²) in [4.78, 5) is 24.2. The number of amides is 2. The average molecular weight is 400 g/mol. The molecule has 150 valence electrons. The van der Waals surface area contributed by atoms with Crippen LogP contribution in [-0.2, 0) is 10.2 Å². The molecule has 0 saturated heterocycles. The predicted molar refractivity (Wildman–Crippen MR) is 113 cm³/mol. The van der Waals surface area contributed by atoms with Crippen molar-refractivity contribution in [2.45, 2.75) is 18.3 Å². The average Bonchev–Trinajstić information content (AvgIpc) is 3.45. The van der Waals surface area contributed by atoms with Gasteiger partial charge < -0.3 is 20.5 Å². The van der Waals surface area contributed by atoms with Gasteiger partial charge in [-0.15, -0.1) is 0 Å². The zero-order valence-electron chi connectivity index (χ0n) is 16.2. The SMILES string of the molecule is NC(=O)c1ccc(-c2ccc(NC(=O)C3(c4ccc5c(c4)OCO5)CC3)cc2)cc1. The highest BCUT2D eigenvalue weighted by molar-refractivity contribution is 6.01. The molecule has 1 aliphatic carbocycles. The van der Waals surface area contributed by atoms with Gasteiger partial charge in [0.1, 0.15) is 0 Å². The number of carbonyl (C=O) groups is 2. The van der Waals surface area contributed by atoms with Gasteiger partial charge in [0.15, 0.2) is 11.5 Å². The second-order valence-electron chi connectivity index (χ2n) is 7.62. The standard InChI is InChI=1S/C24H20N2O4/c25-22(27)17-3-1-15(2-4-17)16-5-8-19(9-6-16)26-23(28)24(11-12-24)18-7-10-20-21(13-18)30-14-29-20/h1-10,13H,11-12,14H2,(H2,25,27)(H,26,28). The van der Waals surface area contributed by atoms with E-state index in [1.54, 1.807) is 12.1 Å². The number of fused-ring (bicyclic) bond motifs is 1. The maximum atomic E-state index is 13.0. The Morgan fingerprint density at radius 2 is 1.47 bits per heavy atom. The van der Waals surface area contributed by atoms with Gasteiger partial charge in [-0.05, 0) is 65.9 Å². The van der Waals surface area contributed by atoms with Gasteiger partial charge in [0.2, 0.25) is 18.6 Å². The van der Waals surface area contributed by atoms with Crippen LogP contribution in [0.1, 0.15) is 28.8 Å². The molecule has 5 rings (SSSR count). The number of hydrogen-bond acceptors (Lipinski definition) is 4. The molecule has 1 saturated carbocycles. The summed E-state index contributed by atoms with van der Waals surface area (Å²) in [6, 6.07) is 20.5. The molecular weight excluding hydrogens is 380 g/mol. The van der Waals surface area contributed by atoms with Crippen molar-refractivity contribution in [1.29, 1.82) is 0 Å². The first-order valence-electron chi connectivity index (χ1n) is 9.77. The Kier molecular flexibility index (Phi) is 4.20. The molecule has 1 fully saturated rings. The molecule has 3 aromatic carbocycles. The molecule has 1 aliphatic heterocycles. The number of primary amides is 1. The van der Waals surface area contributed by atoms with Crippen molar-refractivity contribution >= 4 is 17.5 Å². The quantitative estimate of drug-likeness (QED) is 0.681. The first-order valence-corrected chi connectivity index (χ1v) is 9.77. The molecule has 0 aromatic heterocycles. The molecule has 0 spiro atoms. The molecule has 1 heterocycles. The van der Waals surface area contributed by atoms with E-state index in [0.29, 0.717) is 11.3 Å². The number of hydrogen-bond donors (Lipinski definition) is 2. The summed E-state index contributed by atoms with van der Waals surface area (Å²) in [5.41, 5.74) is 8.90. The number of ether oxygens (including phenoxy) is 2. The van der Waals surface area contributed by atoms with E-state index >= 15 is 0 Å². The summed E-state index contributed by atoms with van der Waals surface area (Å²) >= 11 is 0. The van der Waals surface area contributed by atoms with Crippen molar-refractivity contribution in [3.63, 3.8) is 0 Å². The molecule has 6 heteroatoms. The van der Waals surface area contributed by atoms with Crippen LogP contribution in [0.15, 0.2) is 66.7 Å². The van der Waals surface area contributed by atoms with Crippen LogP contribution in [0.3, 0.4) is 0 Å². The van der Waals surface area contributed by atoms with Crippen molar-refractivity contribution in [2.75, 3.05) is 12.1 Å². The molecule has 0 atom stereocenters. The summed E-state index contributed by atoms with van der Waals surface area (Å²) in [7, 11) is 0. The summed E-state index contributed by atoms with van der Waals surface area (Å²) in [5, 5.41) is 3.04. The van der Waals surface area contributed by atoms with Crippen LogP contribution in [0.25, 0.3) is 11.1 Å². The first kappa shape index (κ1) is 18.2. The Balaban J connectivity index is 1.31. The Morgan fingerprint density at radius 3 is 2.10 bits per heavy atom. The van der Waals surface area contributed by atoms with Crippen LogP contribution in [0, 0.1) is 0 Å². The van der Waals surface area contributed by atoms with Crippen LogP contribution >= 0.6 is 0 Å². The van der Waals surface area contributed by atoms with Gasteiger partial charge in [-0.2, -0.15) is 0 Å². The van der Waals surface area contributed by atoms with E-state index in [4.69, 9.17) is 15.2 Å². The van der Waals surface area contributed by atoms with E-state index in [-0.39, 0.29) is 12.7 Å². The Morgan fingerprint density at radius 1 is 0.833 bits per heavy atom. The summed E-state index contributed by atoms with van der Waals surface area (Å²) < 4.78 is 10.8. The van der Waals surface area contributed by atoms with Crippen molar-refractivity contribution in [1.82, 2.24) is 0 Å². The third kappa shape index (κ3) is 3.16. The summed E-state index contributed by atoms with van der Waals surface area (Å²) in [6.45, 7) is 0.218. The molecule has 6 nitrogen and oxygen atoms in total. The first-order chi connectivity index (χ1) is 14.5. The van der Waals surface area contributed by atoms with Gasteiger partial charge in [-0.25, -0.2) is 0 Å². The van der Waals surface area contributed by atoms with E-state index < -0.39 is 11.3 Å².